The van der Waals surface area contributed by atoms with Gasteiger partial charge in [-0.25, -0.2) is 0 Å². The van der Waals surface area contributed by atoms with E-state index in [0.29, 0.717) is 12.4 Å². The molecule has 0 aliphatic rings. The van der Waals surface area contributed by atoms with E-state index in [-0.39, 0.29) is 0 Å². The number of aromatic nitrogens is 4. The molecule has 0 radical (unpaired) electrons. The molecule has 0 unspecified atom stereocenters. The number of hydrogen-bond acceptors (Lipinski definition) is 5. The van der Waals surface area contributed by atoms with Gasteiger partial charge in [0.2, 0.25) is 6.39 Å². The Bertz CT molecular complexity index is 494. The van der Waals surface area contributed by atoms with E-state index in [1.165, 1.54) is 6.39 Å². The maximum atomic E-state index is 4.68. The molecule has 0 saturated heterocycles. The molecule has 0 bridgehead atoms. The number of nitrogens with one attached hydrogen (secondary N) is 1. The van der Waals surface area contributed by atoms with Crippen LogP contribution in [0.5, 0.6) is 0 Å². The van der Waals surface area contributed by atoms with Crippen molar-refractivity contribution in [3.63, 3.8) is 0 Å². The zero-order chi connectivity index (χ0) is 13.0. The van der Waals surface area contributed by atoms with Gasteiger partial charge in [-0.3, -0.25) is 4.68 Å². The van der Waals surface area contributed by atoms with E-state index in [2.05, 4.69) is 54.9 Å². The Morgan fingerprint density at radius 1 is 1.39 bits per heavy atom. The highest BCUT2D eigenvalue weighted by atomic mass is 79.9. The second kappa shape index (κ2) is 6.10. The number of nitrogens with zero attached hydrogens (tertiary/aromatic N) is 4. The number of rotatable bonds is 6. The number of halogens is 1. The molecule has 0 aliphatic heterocycles. The molecular formula is C11H16BrN5O. The lowest BCUT2D eigenvalue weighted by Crippen LogP contribution is -2.17. The number of hydrogen-bond donors (Lipinski definition) is 1. The molecule has 2 aromatic rings. The molecule has 98 valence electrons. The third-order valence-electron chi connectivity index (χ3n) is 2.68. The van der Waals surface area contributed by atoms with Crippen LogP contribution in [-0.4, -0.2) is 19.9 Å². The predicted molar refractivity (Wildman–Crippen MR) is 69.8 cm³/mol. The minimum absolute atomic E-state index is 0.583. The lowest BCUT2D eigenvalue weighted by atomic mass is 10.3. The average molecular weight is 314 g/mol. The summed E-state index contributed by atoms with van der Waals surface area (Å²) in [5, 5.41) is 11.6. The molecule has 0 aromatic carbocycles. The minimum atomic E-state index is 0.583. The molecule has 7 heteroatoms. The fraction of sp³-hybridized carbons (Fsp3) is 0.545. The van der Waals surface area contributed by atoms with Gasteiger partial charge in [-0.2, -0.15) is 10.1 Å². The Kier molecular flexibility index (Phi) is 4.48. The zero-order valence-corrected chi connectivity index (χ0v) is 12.1. The van der Waals surface area contributed by atoms with Crippen molar-refractivity contribution in [2.45, 2.75) is 39.9 Å². The second-order valence-electron chi connectivity index (χ2n) is 3.83. The van der Waals surface area contributed by atoms with Gasteiger partial charge in [0, 0.05) is 13.1 Å². The monoisotopic (exact) mass is 313 g/mol. The van der Waals surface area contributed by atoms with Crippen LogP contribution in [0.4, 0.5) is 0 Å². The molecule has 0 atom stereocenters. The molecule has 0 fully saturated rings. The normalized spacial score (nSPS) is 11.1. The molecular weight excluding hydrogens is 298 g/mol. The predicted octanol–water partition coefficient (Wildman–Crippen LogP) is 1.90. The minimum Gasteiger partial charge on any atom is -0.343 e. The summed E-state index contributed by atoms with van der Waals surface area (Å²) in [5.74, 6) is 0.657. The van der Waals surface area contributed by atoms with E-state index in [4.69, 9.17) is 0 Å². The van der Waals surface area contributed by atoms with E-state index in [0.717, 1.165) is 35.4 Å². The second-order valence-corrected chi connectivity index (χ2v) is 4.62. The van der Waals surface area contributed by atoms with Crippen molar-refractivity contribution in [2.24, 2.45) is 0 Å². The average Bonchev–Trinajstić information content (AvgIpc) is 2.99. The van der Waals surface area contributed by atoms with Gasteiger partial charge in [0.1, 0.15) is 0 Å². The van der Waals surface area contributed by atoms with Crippen molar-refractivity contribution in [2.75, 3.05) is 0 Å². The van der Waals surface area contributed by atoms with E-state index < -0.39 is 0 Å². The first-order chi connectivity index (χ1) is 8.76. The Morgan fingerprint density at radius 2 is 2.22 bits per heavy atom. The van der Waals surface area contributed by atoms with Crippen LogP contribution in [0, 0.1) is 0 Å². The van der Waals surface area contributed by atoms with Gasteiger partial charge in [0.25, 0.3) is 0 Å². The van der Waals surface area contributed by atoms with Crippen LogP contribution < -0.4 is 5.32 Å². The molecule has 0 spiro atoms. The van der Waals surface area contributed by atoms with Crippen molar-refractivity contribution in [3.8, 4) is 0 Å². The van der Waals surface area contributed by atoms with Crippen LogP contribution in [0.3, 0.4) is 0 Å². The Labute approximate surface area is 114 Å². The van der Waals surface area contributed by atoms with Gasteiger partial charge < -0.3 is 9.84 Å². The maximum absolute atomic E-state index is 4.68. The summed E-state index contributed by atoms with van der Waals surface area (Å²) in [6.45, 7) is 6.35. The first-order valence-electron chi connectivity index (χ1n) is 5.96. The van der Waals surface area contributed by atoms with Crippen LogP contribution in [0.1, 0.15) is 31.1 Å². The summed E-state index contributed by atoms with van der Waals surface area (Å²) in [6, 6.07) is 0. The van der Waals surface area contributed by atoms with E-state index in [1.54, 1.807) is 0 Å². The van der Waals surface area contributed by atoms with Crippen molar-refractivity contribution in [1.82, 2.24) is 25.2 Å². The van der Waals surface area contributed by atoms with Gasteiger partial charge >= 0.3 is 0 Å². The van der Waals surface area contributed by atoms with Crippen LogP contribution in [0.25, 0.3) is 0 Å². The summed E-state index contributed by atoms with van der Waals surface area (Å²) in [7, 11) is 0. The molecule has 2 heterocycles. The van der Waals surface area contributed by atoms with E-state index >= 15 is 0 Å². The summed E-state index contributed by atoms with van der Waals surface area (Å²) in [6.07, 6.45) is 2.25. The Morgan fingerprint density at radius 3 is 2.83 bits per heavy atom. The summed E-state index contributed by atoms with van der Waals surface area (Å²) in [4.78, 5) is 3.96. The summed E-state index contributed by atoms with van der Waals surface area (Å²) < 4.78 is 7.78. The molecule has 0 saturated carbocycles. The largest absolute Gasteiger partial charge is 0.343 e. The fourth-order valence-electron chi connectivity index (χ4n) is 1.75. The summed E-state index contributed by atoms with van der Waals surface area (Å²) in [5.41, 5.74) is 2.24. The highest BCUT2D eigenvalue weighted by molar-refractivity contribution is 9.10. The smallest absolute Gasteiger partial charge is 0.213 e. The van der Waals surface area contributed by atoms with Crippen LogP contribution in [0.2, 0.25) is 0 Å². The zero-order valence-electron chi connectivity index (χ0n) is 10.5. The molecule has 1 N–H and O–H groups in total. The van der Waals surface area contributed by atoms with E-state index in [1.807, 2.05) is 4.68 Å². The molecule has 18 heavy (non-hydrogen) atoms. The fourth-order valence-corrected chi connectivity index (χ4v) is 2.45. The Hall–Kier alpha value is -1.21. The lowest BCUT2D eigenvalue weighted by Gasteiger charge is -2.05. The molecule has 6 nitrogen and oxygen atoms in total. The van der Waals surface area contributed by atoms with E-state index in [9.17, 15) is 0 Å². The highest BCUT2D eigenvalue weighted by Crippen LogP contribution is 2.22. The van der Waals surface area contributed by atoms with Crippen molar-refractivity contribution in [1.29, 1.82) is 0 Å². The van der Waals surface area contributed by atoms with Gasteiger partial charge in [-0.1, -0.05) is 12.1 Å². The molecule has 2 aromatic heterocycles. The third-order valence-corrected chi connectivity index (χ3v) is 3.59. The van der Waals surface area contributed by atoms with Crippen molar-refractivity contribution < 1.29 is 4.52 Å². The SMILES string of the molecule is CCc1nn(CC)c(CNCc2ncon2)c1Br. The first-order valence-corrected chi connectivity index (χ1v) is 6.75. The standard InChI is InChI=1S/C11H16BrN5O/c1-3-8-11(12)9(17(4-2)15-8)5-13-6-10-14-7-18-16-10/h7,13H,3-6H2,1-2H3. The van der Waals surface area contributed by atoms with Gasteiger partial charge in [0.15, 0.2) is 5.82 Å². The lowest BCUT2D eigenvalue weighted by molar-refractivity contribution is 0.407. The Balaban J connectivity index is 2.01. The third kappa shape index (κ3) is 2.78. The molecule has 0 aliphatic carbocycles. The quantitative estimate of drug-likeness (QED) is 0.882. The topological polar surface area (TPSA) is 68.8 Å². The van der Waals surface area contributed by atoms with Crippen LogP contribution in [0.15, 0.2) is 15.4 Å². The van der Waals surface area contributed by atoms with Crippen LogP contribution >= 0.6 is 15.9 Å². The van der Waals surface area contributed by atoms with Gasteiger partial charge in [-0.15, -0.1) is 0 Å². The first kappa shape index (κ1) is 13.2. The maximum Gasteiger partial charge on any atom is 0.213 e. The van der Waals surface area contributed by atoms with Crippen LogP contribution in [-0.2, 0) is 26.1 Å². The molecule has 2 rings (SSSR count). The molecule has 0 amide bonds. The van der Waals surface area contributed by atoms with Gasteiger partial charge in [-0.05, 0) is 29.3 Å². The summed E-state index contributed by atoms with van der Waals surface area (Å²) >= 11 is 3.61. The highest BCUT2D eigenvalue weighted by Gasteiger charge is 2.13. The van der Waals surface area contributed by atoms with Crippen molar-refractivity contribution >= 4 is 15.9 Å². The van der Waals surface area contributed by atoms with Gasteiger partial charge in [0.05, 0.1) is 22.4 Å². The number of aryl methyl sites for hydroxylation is 2. The van der Waals surface area contributed by atoms with Crippen molar-refractivity contribution in [3.05, 3.63) is 28.1 Å².